The summed E-state index contributed by atoms with van der Waals surface area (Å²) >= 11 is 0. The zero-order valence-electron chi connectivity index (χ0n) is 16.4. The van der Waals surface area contributed by atoms with Gasteiger partial charge in [-0.2, -0.15) is 0 Å². The van der Waals surface area contributed by atoms with Gasteiger partial charge in [-0.1, -0.05) is 78.9 Å². The van der Waals surface area contributed by atoms with Gasteiger partial charge in [-0.3, -0.25) is 9.98 Å². The van der Waals surface area contributed by atoms with E-state index in [1.165, 1.54) is 22.3 Å². The minimum Gasteiger partial charge on any atom is -0.261 e. The SMILES string of the molecule is C(Cc1ccccn1)=Nc1ccc(Cc2ccccc2)cc1Cc1ccccc1. The van der Waals surface area contributed by atoms with Crippen molar-refractivity contribution in [2.24, 2.45) is 4.99 Å². The third-order valence-corrected chi connectivity index (χ3v) is 4.89. The lowest BCUT2D eigenvalue weighted by Crippen LogP contribution is -1.94. The van der Waals surface area contributed by atoms with Gasteiger partial charge in [0.1, 0.15) is 0 Å². The van der Waals surface area contributed by atoms with Crippen molar-refractivity contribution in [1.82, 2.24) is 4.98 Å². The van der Waals surface area contributed by atoms with Crippen molar-refractivity contribution in [1.29, 1.82) is 0 Å². The van der Waals surface area contributed by atoms with Crippen LogP contribution in [0, 0.1) is 0 Å². The molecule has 0 bridgehead atoms. The van der Waals surface area contributed by atoms with Crippen LogP contribution in [-0.4, -0.2) is 11.2 Å². The largest absolute Gasteiger partial charge is 0.261 e. The fourth-order valence-electron chi connectivity index (χ4n) is 3.42. The molecule has 2 nitrogen and oxygen atoms in total. The maximum atomic E-state index is 4.78. The second kappa shape index (κ2) is 9.61. The van der Waals surface area contributed by atoms with Crippen molar-refractivity contribution in [2.75, 3.05) is 0 Å². The molecule has 29 heavy (non-hydrogen) atoms. The van der Waals surface area contributed by atoms with Gasteiger partial charge >= 0.3 is 0 Å². The van der Waals surface area contributed by atoms with E-state index in [0.29, 0.717) is 0 Å². The van der Waals surface area contributed by atoms with Crippen LogP contribution in [0.3, 0.4) is 0 Å². The van der Waals surface area contributed by atoms with Crippen LogP contribution in [-0.2, 0) is 19.3 Å². The Morgan fingerprint density at radius 2 is 1.34 bits per heavy atom. The minimum absolute atomic E-state index is 0.734. The van der Waals surface area contributed by atoms with Crippen LogP contribution in [0.4, 0.5) is 5.69 Å². The molecular weight excluding hydrogens is 352 g/mol. The summed E-state index contributed by atoms with van der Waals surface area (Å²) in [5.74, 6) is 0. The summed E-state index contributed by atoms with van der Waals surface area (Å²) in [6, 6.07) is 33.8. The van der Waals surface area contributed by atoms with Gasteiger partial charge in [0.15, 0.2) is 0 Å². The minimum atomic E-state index is 0.734. The summed E-state index contributed by atoms with van der Waals surface area (Å²) in [4.78, 5) is 9.15. The average molecular weight is 377 g/mol. The van der Waals surface area contributed by atoms with Crippen molar-refractivity contribution in [2.45, 2.75) is 19.3 Å². The fourth-order valence-corrected chi connectivity index (χ4v) is 3.42. The zero-order chi connectivity index (χ0) is 19.7. The molecule has 0 saturated heterocycles. The highest BCUT2D eigenvalue weighted by Gasteiger charge is 2.06. The van der Waals surface area contributed by atoms with Crippen LogP contribution in [0.1, 0.15) is 27.9 Å². The third-order valence-electron chi connectivity index (χ3n) is 4.89. The van der Waals surface area contributed by atoms with Crippen LogP contribution in [0.25, 0.3) is 0 Å². The van der Waals surface area contributed by atoms with E-state index in [4.69, 9.17) is 4.99 Å². The van der Waals surface area contributed by atoms with E-state index in [0.717, 1.165) is 30.6 Å². The topological polar surface area (TPSA) is 25.2 Å². The lowest BCUT2D eigenvalue weighted by atomic mass is 9.98. The van der Waals surface area contributed by atoms with Gasteiger partial charge in [-0.15, -0.1) is 0 Å². The first-order valence-corrected chi connectivity index (χ1v) is 9.99. The molecule has 0 saturated carbocycles. The molecule has 0 spiro atoms. The second-order valence-corrected chi connectivity index (χ2v) is 7.12. The molecule has 4 rings (SSSR count). The summed E-state index contributed by atoms with van der Waals surface area (Å²) in [5, 5.41) is 0. The molecule has 1 heterocycles. The van der Waals surface area contributed by atoms with Gasteiger partial charge < -0.3 is 0 Å². The number of hydrogen-bond donors (Lipinski definition) is 0. The number of benzene rings is 3. The van der Waals surface area contributed by atoms with Gasteiger partial charge in [-0.25, -0.2) is 0 Å². The van der Waals surface area contributed by atoms with Crippen LogP contribution in [0.5, 0.6) is 0 Å². The standard InChI is InChI=1S/C27H24N2/c1-3-9-22(10-4-1)19-24-14-15-27(29-18-16-26-13-7-8-17-28-26)25(21-24)20-23-11-5-2-6-12-23/h1-15,17-18,21H,16,19-20H2. The molecule has 0 aliphatic rings. The molecular formula is C27H24N2. The molecule has 0 radical (unpaired) electrons. The van der Waals surface area contributed by atoms with Gasteiger partial charge in [0, 0.05) is 24.5 Å². The average Bonchev–Trinajstić information content (AvgIpc) is 2.77. The molecule has 0 fully saturated rings. The van der Waals surface area contributed by atoms with Gasteiger partial charge in [-0.05, 0) is 53.3 Å². The van der Waals surface area contributed by atoms with E-state index in [9.17, 15) is 0 Å². The maximum Gasteiger partial charge on any atom is 0.0661 e. The highest BCUT2D eigenvalue weighted by atomic mass is 14.7. The van der Waals surface area contributed by atoms with Crippen LogP contribution < -0.4 is 0 Å². The molecule has 0 N–H and O–H groups in total. The third kappa shape index (κ3) is 5.49. The quantitative estimate of drug-likeness (QED) is 0.352. The van der Waals surface area contributed by atoms with Gasteiger partial charge in [0.25, 0.3) is 0 Å². The summed E-state index contributed by atoms with van der Waals surface area (Å²) in [6.07, 6.45) is 6.32. The Labute approximate surface area is 172 Å². The van der Waals surface area contributed by atoms with Crippen molar-refractivity contribution >= 4 is 11.9 Å². The van der Waals surface area contributed by atoms with Crippen LogP contribution in [0.15, 0.2) is 108 Å². The summed E-state index contributed by atoms with van der Waals surface area (Å²) in [5.41, 5.74) is 7.24. The molecule has 4 aromatic rings. The van der Waals surface area contributed by atoms with Crippen molar-refractivity contribution < 1.29 is 0 Å². The van der Waals surface area contributed by atoms with E-state index in [1.54, 1.807) is 0 Å². The number of aromatic nitrogens is 1. The molecule has 1 aromatic heterocycles. The zero-order valence-corrected chi connectivity index (χ0v) is 16.4. The molecule has 0 aliphatic heterocycles. The van der Waals surface area contributed by atoms with E-state index < -0.39 is 0 Å². The monoisotopic (exact) mass is 376 g/mol. The predicted molar refractivity (Wildman–Crippen MR) is 121 cm³/mol. The molecule has 0 aliphatic carbocycles. The molecule has 2 heteroatoms. The Bertz CT molecular complexity index is 1060. The molecule has 0 atom stereocenters. The number of hydrogen-bond acceptors (Lipinski definition) is 2. The highest BCUT2D eigenvalue weighted by molar-refractivity contribution is 5.67. The van der Waals surface area contributed by atoms with Gasteiger partial charge in [0.05, 0.1) is 5.69 Å². The highest BCUT2D eigenvalue weighted by Crippen LogP contribution is 2.25. The Hall–Kier alpha value is -3.52. The van der Waals surface area contributed by atoms with Crippen molar-refractivity contribution in [3.05, 3.63) is 131 Å². The van der Waals surface area contributed by atoms with Crippen molar-refractivity contribution in [3.8, 4) is 0 Å². The van der Waals surface area contributed by atoms with Gasteiger partial charge in [0.2, 0.25) is 0 Å². The number of nitrogens with zero attached hydrogens (tertiary/aromatic N) is 2. The lowest BCUT2D eigenvalue weighted by Gasteiger charge is -2.10. The van der Waals surface area contributed by atoms with E-state index >= 15 is 0 Å². The Balaban J connectivity index is 1.58. The Morgan fingerprint density at radius 3 is 2.03 bits per heavy atom. The number of pyridine rings is 1. The van der Waals surface area contributed by atoms with Crippen molar-refractivity contribution in [3.63, 3.8) is 0 Å². The Kier molecular flexibility index (Phi) is 6.24. The van der Waals surface area contributed by atoms with Crippen LogP contribution in [0.2, 0.25) is 0 Å². The summed E-state index contributed by atoms with van der Waals surface area (Å²) < 4.78 is 0. The van der Waals surface area contributed by atoms with E-state index in [2.05, 4.69) is 83.8 Å². The normalized spacial score (nSPS) is 11.0. The summed E-state index contributed by atoms with van der Waals surface area (Å²) in [7, 11) is 0. The number of rotatable bonds is 7. The fraction of sp³-hybridized carbons (Fsp3) is 0.111. The lowest BCUT2D eigenvalue weighted by molar-refractivity contribution is 1.13. The molecule has 0 amide bonds. The second-order valence-electron chi connectivity index (χ2n) is 7.12. The first kappa shape index (κ1) is 18.8. The Morgan fingerprint density at radius 1 is 0.655 bits per heavy atom. The maximum absolute atomic E-state index is 4.78. The number of aliphatic imine (C=N–C) groups is 1. The molecule has 142 valence electrons. The van der Waals surface area contributed by atoms with E-state index in [1.807, 2.05) is 30.6 Å². The smallest absolute Gasteiger partial charge is 0.0661 e. The summed E-state index contributed by atoms with van der Waals surface area (Å²) in [6.45, 7) is 0. The van der Waals surface area contributed by atoms with E-state index in [-0.39, 0.29) is 0 Å². The molecule has 3 aromatic carbocycles. The first-order valence-electron chi connectivity index (χ1n) is 9.99. The predicted octanol–water partition coefficient (Wildman–Crippen LogP) is 6.21. The molecule has 0 unspecified atom stereocenters. The first-order chi connectivity index (χ1) is 14.4. The van der Waals surface area contributed by atoms with Crippen LogP contribution >= 0.6 is 0 Å².